The summed E-state index contributed by atoms with van der Waals surface area (Å²) < 4.78 is 0. The Morgan fingerprint density at radius 1 is 0.781 bits per heavy atom. The molecule has 2 saturated carbocycles. The minimum Gasteiger partial charge on any atom is -0.299 e. The Labute approximate surface area is 197 Å². The molecule has 1 aromatic carbocycles. The zero-order valence-corrected chi connectivity index (χ0v) is 20.7. The highest BCUT2D eigenvalue weighted by atomic mass is 16.1. The highest BCUT2D eigenvalue weighted by Crippen LogP contribution is 2.38. The molecule has 2 aliphatic rings. The molecule has 0 amide bonds. The van der Waals surface area contributed by atoms with Crippen LogP contribution in [0.3, 0.4) is 0 Å². The maximum Gasteiger partial charge on any atom is 0.147 e. The number of hydrogen-bond acceptors (Lipinski definition) is 2. The first-order valence-electron chi connectivity index (χ1n) is 13.7. The summed E-state index contributed by atoms with van der Waals surface area (Å²) in [6, 6.07) is 8.77. The minimum atomic E-state index is -0.347. The first-order chi connectivity index (χ1) is 15.6. The molecule has 1 aromatic rings. The van der Waals surface area contributed by atoms with Crippen LogP contribution in [0.5, 0.6) is 0 Å². The monoisotopic (exact) mass is 438 g/mol. The maximum absolute atomic E-state index is 12.8. The van der Waals surface area contributed by atoms with Gasteiger partial charge in [0.05, 0.1) is 5.92 Å². The summed E-state index contributed by atoms with van der Waals surface area (Å²) in [5, 5.41) is 0. The van der Waals surface area contributed by atoms with E-state index in [-0.39, 0.29) is 17.5 Å². The number of hydrogen-bond donors (Lipinski definition) is 0. The molecule has 0 aromatic heterocycles. The molecule has 2 atom stereocenters. The van der Waals surface area contributed by atoms with Gasteiger partial charge in [-0.1, -0.05) is 89.5 Å². The second kappa shape index (κ2) is 13.3. The van der Waals surface area contributed by atoms with Crippen molar-refractivity contribution in [2.24, 2.45) is 17.8 Å². The Morgan fingerprint density at radius 2 is 1.47 bits per heavy atom. The quantitative estimate of drug-likeness (QED) is 0.243. The van der Waals surface area contributed by atoms with E-state index in [9.17, 15) is 9.59 Å². The zero-order valence-electron chi connectivity index (χ0n) is 20.7. The maximum atomic E-state index is 12.8. The number of carbonyl (C=O) groups is 2. The molecule has 2 nitrogen and oxygen atoms in total. The number of carbonyl (C=O) groups excluding carboxylic acids is 2. The van der Waals surface area contributed by atoms with Crippen molar-refractivity contribution in [3.8, 4) is 0 Å². The third-order valence-electron chi connectivity index (χ3n) is 8.22. The van der Waals surface area contributed by atoms with E-state index in [1.165, 1.54) is 69.8 Å². The van der Waals surface area contributed by atoms with Gasteiger partial charge in [-0.05, 0) is 67.4 Å². The van der Waals surface area contributed by atoms with Crippen LogP contribution in [0.2, 0.25) is 0 Å². The zero-order chi connectivity index (χ0) is 22.8. The Morgan fingerprint density at radius 3 is 2.12 bits per heavy atom. The lowest BCUT2D eigenvalue weighted by molar-refractivity contribution is -0.135. The fourth-order valence-corrected chi connectivity index (χ4v) is 6.14. The van der Waals surface area contributed by atoms with Crippen LogP contribution in [0, 0.1) is 17.8 Å². The average molecular weight is 439 g/mol. The Balaban J connectivity index is 1.41. The highest BCUT2D eigenvalue weighted by molar-refractivity contribution is 6.03. The summed E-state index contributed by atoms with van der Waals surface area (Å²) in [5.41, 5.74) is 2.52. The van der Waals surface area contributed by atoms with Crippen LogP contribution in [0.1, 0.15) is 127 Å². The third-order valence-corrected chi connectivity index (χ3v) is 8.22. The summed E-state index contributed by atoms with van der Waals surface area (Å²) in [6.45, 7) is 4.46. The van der Waals surface area contributed by atoms with Gasteiger partial charge in [-0.2, -0.15) is 0 Å². The molecule has 2 fully saturated rings. The van der Waals surface area contributed by atoms with Crippen molar-refractivity contribution in [3.05, 3.63) is 35.4 Å². The van der Waals surface area contributed by atoms with Crippen LogP contribution >= 0.6 is 0 Å². The standard InChI is InChI=1S/C30H46O2/c1-3-5-6-7-8-10-23-11-16-26(17-12-23)27-18-13-25(14-19-27)22-30(32)28-20-15-24(9-4-2)21-29(28)31/h13-14,18-19,23-24,26,28H,3-12,15-17,20-22H2,1-2H3. The van der Waals surface area contributed by atoms with Crippen molar-refractivity contribution in [1.29, 1.82) is 0 Å². The molecule has 2 aliphatic carbocycles. The fraction of sp³-hybridized carbons (Fsp3) is 0.733. The number of ketones is 2. The fourth-order valence-electron chi connectivity index (χ4n) is 6.14. The van der Waals surface area contributed by atoms with Crippen LogP contribution < -0.4 is 0 Å². The van der Waals surface area contributed by atoms with Crippen LogP contribution in [-0.4, -0.2) is 11.6 Å². The Hall–Kier alpha value is -1.44. The van der Waals surface area contributed by atoms with Crippen molar-refractivity contribution < 1.29 is 9.59 Å². The topological polar surface area (TPSA) is 34.1 Å². The Bertz CT molecular complexity index is 696. The molecule has 32 heavy (non-hydrogen) atoms. The molecule has 0 saturated heterocycles. The number of benzene rings is 1. The van der Waals surface area contributed by atoms with Crippen molar-refractivity contribution in [2.45, 2.75) is 122 Å². The number of rotatable bonds is 12. The van der Waals surface area contributed by atoms with E-state index < -0.39 is 0 Å². The van der Waals surface area contributed by atoms with Crippen LogP contribution in [0.15, 0.2) is 24.3 Å². The first kappa shape index (κ1) is 25.2. The molecular weight excluding hydrogens is 392 g/mol. The van der Waals surface area contributed by atoms with E-state index in [2.05, 4.69) is 38.1 Å². The molecular formula is C30H46O2. The van der Waals surface area contributed by atoms with Gasteiger partial charge in [0.25, 0.3) is 0 Å². The normalized spacial score (nSPS) is 26.2. The van der Waals surface area contributed by atoms with Crippen molar-refractivity contribution in [2.75, 3.05) is 0 Å². The summed E-state index contributed by atoms with van der Waals surface area (Å²) in [7, 11) is 0. The molecule has 2 unspecified atom stereocenters. The molecule has 0 bridgehead atoms. The van der Waals surface area contributed by atoms with Crippen LogP contribution in [-0.2, 0) is 16.0 Å². The molecule has 0 aliphatic heterocycles. The summed E-state index contributed by atoms with van der Waals surface area (Å²) in [4.78, 5) is 25.3. The summed E-state index contributed by atoms with van der Waals surface area (Å²) >= 11 is 0. The molecule has 178 valence electrons. The van der Waals surface area contributed by atoms with E-state index >= 15 is 0 Å². The van der Waals surface area contributed by atoms with E-state index in [4.69, 9.17) is 0 Å². The van der Waals surface area contributed by atoms with Gasteiger partial charge in [0.1, 0.15) is 11.6 Å². The molecule has 0 spiro atoms. The largest absolute Gasteiger partial charge is 0.299 e. The smallest absolute Gasteiger partial charge is 0.147 e. The number of Topliss-reactive ketones (excluding diaryl/α,β-unsaturated/α-hetero) is 2. The summed E-state index contributed by atoms with van der Waals surface area (Å²) in [5.74, 6) is 2.11. The van der Waals surface area contributed by atoms with Gasteiger partial charge in [0.15, 0.2) is 0 Å². The van der Waals surface area contributed by atoms with E-state index in [1.54, 1.807) is 0 Å². The van der Waals surface area contributed by atoms with Gasteiger partial charge < -0.3 is 0 Å². The Kier molecular flexibility index (Phi) is 10.5. The average Bonchev–Trinajstić information content (AvgIpc) is 2.80. The number of unbranched alkanes of at least 4 members (excludes halogenated alkanes) is 4. The van der Waals surface area contributed by atoms with E-state index in [0.717, 1.165) is 37.2 Å². The van der Waals surface area contributed by atoms with Gasteiger partial charge in [-0.15, -0.1) is 0 Å². The lowest BCUT2D eigenvalue weighted by Crippen LogP contribution is -2.32. The summed E-state index contributed by atoms with van der Waals surface area (Å²) in [6.07, 6.45) is 18.9. The van der Waals surface area contributed by atoms with Gasteiger partial charge >= 0.3 is 0 Å². The lowest BCUT2D eigenvalue weighted by atomic mass is 9.76. The molecule has 0 radical (unpaired) electrons. The minimum absolute atomic E-state index is 0.136. The molecule has 0 heterocycles. The van der Waals surface area contributed by atoms with Crippen molar-refractivity contribution >= 4 is 11.6 Å². The van der Waals surface area contributed by atoms with Crippen molar-refractivity contribution in [3.63, 3.8) is 0 Å². The molecule has 3 rings (SSSR count). The van der Waals surface area contributed by atoms with E-state index in [1.807, 2.05) is 0 Å². The van der Waals surface area contributed by atoms with Gasteiger partial charge in [-0.3, -0.25) is 9.59 Å². The van der Waals surface area contributed by atoms with E-state index in [0.29, 0.717) is 24.7 Å². The predicted molar refractivity (Wildman–Crippen MR) is 134 cm³/mol. The van der Waals surface area contributed by atoms with Gasteiger partial charge in [0, 0.05) is 12.8 Å². The second-order valence-electron chi connectivity index (χ2n) is 10.8. The first-order valence-corrected chi connectivity index (χ1v) is 13.7. The third kappa shape index (κ3) is 7.56. The highest BCUT2D eigenvalue weighted by Gasteiger charge is 2.32. The SMILES string of the molecule is CCCCCCCC1CCC(c2ccc(CC(=O)C3CCC(CCC)CC3=O)cc2)CC1. The molecule has 0 N–H and O–H groups in total. The van der Waals surface area contributed by atoms with Crippen LogP contribution in [0.25, 0.3) is 0 Å². The predicted octanol–water partition coefficient (Wildman–Crippen LogP) is 8.22. The van der Waals surface area contributed by atoms with Gasteiger partial charge in [-0.25, -0.2) is 0 Å². The molecule has 2 heteroatoms. The van der Waals surface area contributed by atoms with Crippen molar-refractivity contribution in [1.82, 2.24) is 0 Å². The van der Waals surface area contributed by atoms with Crippen LogP contribution in [0.4, 0.5) is 0 Å². The lowest BCUT2D eigenvalue weighted by Gasteiger charge is -2.29. The van der Waals surface area contributed by atoms with Gasteiger partial charge in [0.2, 0.25) is 0 Å². The second-order valence-corrected chi connectivity index (χ2v) is 10.8.